The van der Waals surface area contributed by atoms with Crippen molar-refractivity contribution in [1.29, 1.82) is 0 Å². The van der Waals surface area contributed by atoms with Crippen LogP contribution in [0.1, 0.15) is 35.0 Å². The predicted octanol–water partition coefficient (Wildman–Crippen LogP) is 5.62. The van der Waals surface area contributed by atoms with Crippen molar-refractivity contribution in [3.8, 4) is 17.0 Å². The summed E-state index contributed by atoms with van der Waals surface area (Å²) >= 11 is 6.09. The van der Waals surface area contributed by atoms with Crippen LogP contribution < -0.4 is 4.74 Å². The number of aromatic carboxylic acids is 1. The van der Waals surface area contributed by atoms with E-state index in [2.05, 4.69) is 4.98 Å². The van der Waals surface area contributed by atoms with Gasteiger partial charge in [0.15, 0.2) is 0 Å². The molecule has 1 heterocycles. The highest BCUT2D eigenvalue weighted by Crippen LogP contribution is 2.32. The molecule has 1 aromatic heterocycles. The molecule has 2 aromatic carbocycles. The maximum absolute atomic E-state index is 13.5. The first kappa shape index (κ1) is 19.8. The normalized spacial score (nSPS) is 10.7. The Hall–Kier alpha value is -2.92. The lowest BCUT2D eigenvalue weighted by Gasteiger charge is -2.13. The van der Waals surface area contributed by atoms with Crippen molar-refractivity contribution in [2.24, 2.45) is 0 Å². The van der Waals surface area contributed by atoms with Crippen LogP contribution in [0.2, 0.25) is 5.02 Å². The second kappa shape index (κ2) is 8.85. The van der Waals surface area contributed by atoms with Crippen LogP contribution in [0.3, 0.4) is 0 Å². The lowest BCUT2D eigenvalue weighted by molar-refractivity contribution is 0.0695. The molecular formula is C22H19ClFNO3. The third kappa shape index (κ3) is 4.67. The molecule has 28 heavy (non-hydrogen) atoms. The van der Waals surface area contributed by atoms with Gasteiger partial charge in [-0.3, -0.25) is 4.98 Å². The zero-order valence-electron chi connectivity index (χ0n) is 15.3. The lowest BCUT2D eigenvalue weighted by Crippen LogP contribution is -2.07. The van der Waals surface area contributed by atoms with Gasteiger partial charge >= 0.3 is 5.97 Å². The number of hydrogen-bond donors (Lipinski definition) is 1. The van der Waals surface area contributed by atoms with Crippen LogP contribution in [0.25, 0.3) is 11.3 Å². The Morgan fingerprint density at radius 3 is 2.71 bits per heavy atom. The topological polar surface area (TPSA) is 59.4 Å². The van der Waals surface area contributed by atoms with E-state index in [1.807, 2.05) is 6.92 Å². The van der Waals surface area contributed by atoms with Crippen LogP contribution in [0, 0.1) is 5.82 Å². The van der Waals surface area contributed by atoms with Gasteiger partial charge in [0.1, 0.15) is 11.6 Å². The number of ether oxygens (including phenoxy) is 1. The van der Waals surface area contributed by atoms with E-state index in [1.54, 1.807) is 36.4 Å². The van der Waals surface area contributed by atoms with Gasteiger partial charge in [0.05, 0.1) is 23.6 Å². The number of carboxylic acid groups (broad SMARTS) is 1. The van der Waals surface area contributed by atoms with Gasteiger partial charge in [-0.2, -0.15) is 0 Å². The van der Waals surface area contributed by atoms with Crippen LogP contribution in [0.15, 0.2) is 54.6 Å². The van der Waals surface area contributed by atoms with Crippen molar-refractivity contribution in [3.05, 3.63) is 82.3 Å². The third-order valence-electron chi connectivity index (χ3n) is 4.15. The molecule has 0 unspecified atom stereocenters. The highest BCUT2D eigenvalue weighted by Gasteiger charge is 2.16. The molecule has 0 radical (unpaired) electrons. The van der Waals surface area contributed by atoms with Gasteiger partial charge < -0.3 is 9.84 Å². The van der Waals surface area contributed by atoms with Gasteiger partial charge in [-0.1, -0.05) is 30.7 Å². The predicted molar refractivity (Wildman–Crippen MR) is 107 cm³/mol. The van der Waals surface area contributed by atoms with E-state index in [4.69, 9.17) is 16.3 Å². The van der Waals surface area contributed by atoms with Crippen molar-refractivity contribution in [1.82, 2.24) is 4.98 Å². The third-order valence-corrected chi connectivity index (χ3v) is 4.38. The Balaban J connectivity index is 2.05. The van der Waals surface area contributed by atoms with Crippen molar-refractivity contribution in [3.63, 3.8) is 0 Å². The molecule has 0 saturated heterocycles. The molecule has 3 rings (SSSR count). The highest BCUT2D eigenvalue weighted by atomic mass is 35.5. The monoisotopic (exact) mass is 399 g/mol. The summed E-state index contributed by atoms with van der Waals surface area (Å²) in [6.07, 6.45) is 1.04. The fraction of sp³-hybridized carbons (Fsp3) is 0.182. The van der Waals surface area contributed by atoms with Gasteiger partial charge in [0, 0.05) is 17.0 Å². The number of carboxylic acids is 1. The molecule has 1 N–H and O–H groups in total. The summed E-state index contributed by atoms with van der Waals surface area (Å²) in [6, 6.07) is 14.4. The largest absolute Gasteiger partial charge is 0.493 e. The zero-order valence-corrected chi connectivity index (χ0v) is 16.0. The summed E-state index contributed by atoms with van der Waals surface area (Å²) in [6.45, 7) is 2.53. The molecule has 144 valence electrons. The van der Waals surface area contributed by atoms with E-state index in [1.165, 1.54) is 18.2 Å². The molecule has 0 aliphatic rings. The average molecular weight is 400 g/mol. The molecule has 0 bridgehead atoms. The molecule has 0 saturated carbocycles. The lowest BCUT2D eigenvalue weighted by atomic mass is 10.0. The number of halogens is 2. The molecule has 6 heteroatoms. The molecule has 3 aromatic rings. The first-order chi connectivity index (χ1) is 13.5. The number of rotatable bonds is 7. The Morgan fingerprint density at radius 1 is 1.18 bits per heavy atom. The van der Waals surface area contributed by atoms with E-state index in [-0.39, 0.29) is 17.8 Å². The second-order valence-electron chi connectivity index (χ2n) is 6.29. The second-order valence-corrected chi connectivity index (χ2v) is 6.73. The SMILES string of the molecule is CCCOc1cc(Cl)ccc1-c1ccc(C(=O)O)c(Cc2cccc(F)c2)n1. The van der Waals surface area contributed by atoms with Gasteiger partial charge in [-0.15, -0.1) is 0 Å². The molecule has 0 spiro atoms. The summed E-state index contributed by atoms with van der Waals surface area (Å²) in [5.74, 6) is -0.871. The van der Waals surface area contributed by atoms with Crippen LogP contribution in [0.5, 0.6) is 5.75 Å². The molecular weight excluding hydrogens is 381 g/mol. The van der Waals surface area contributed by atoms with Crippen molar-refractivity contribution in [2.45, 2.75) is 19.8 Å². The highest BCUT2D eigenvalue weighted by molar-refractivity contribution is 6.30. The van der Waals surface area contributed by atoms with Gasteiger partial charge in [0.2, 0.25) is 0 Å². The number of pyridine rings is 1. The summed E-state index contributed by atoms with van der Waals surface area (Å²) in [5.41, 5.74) is 2.37. The Kier molecular flexibility index (Phi) is 6.26. The summed E-state index contributed by atoms with van der Waals surface area (Å²) in [5, 5.41) is 10.0. The summed E-state index contributed by atoms with van der Waals surface area (Å²) in [7, 11) is 0. The number of aromatic nitrogens is 1. The fourth-order valence-corrected chi connectivity index (χ4v) is 3.02. The van der Waals surface area contributed by atoms with Crippen LogP contribution in [-0.2, 0) is 6.42 Å². The Labute approximate surface area is 167 Å². The Bertz CT molecular complexity index is 1010. The first-order valence-electron chi connectivity index (χ1n) is 8.88. The quantitative estimate of drug-likeness (QED) is 0.560. The van der Waals surface area contributed by atoms with Gasteiger partial charge in [-0.25, -0.2) is 9.18 Å². The van der Waals surface area contributed by atoms with Gasteiger partial charge in [0.25, 0.3) is 0 Å². The van der Waals surface area contributed by atoms with E-state index >= 15 is 0 Å². The zero-order chi connectivity index (χ0) is 20.1. The minimum atomic E-state index is -1.08. The van der Waals surface area contributed by atoms with E-state index in [9.17, 15) is 14.3 Å². The first-order valence-corrected chi connectivity index (χ1v) is 9.26. The van der Waals surface area contributed by atoms with Crippen LogP contribution >= 0.6 is 11.6 Å². The molecule has 0 aliphatic heterocycles. The summed E-state index contributed by atoms with van der Waals surface area (Å²) < 4.78 is 19.3. The van der Waals surface area contributed by atoms with Crippen molar-refractivity contribution in [2.75, 3.05) is 6.61 Å². The molecule has 4 nitrogen and oxygen atoms in total. The number of benzene rings is 2. The van der Waals surface area contributed by atoms with Crippen molar-refractivity contribution >= 4 is 17.6 Å². The van der Waals surface area contributed by atoms with Crippen molar-refractivity contribution < 1.29 is 19.0 Å². The van der Waals surface area contributed by atoms with E-state index < -0.39 is 5.97 Å². The van der Waals surface area contributed by atoms with Gasteiger partial charge in [-0.05, 0) is 54.4 Å². The molecule has 0 amide bonds. The standard InChI is InChI=1S/C22H19ClFNO3/c1-2-10-28-21-13-15(23)6-7-17(21)19-9-8-18(22(26)27)20(25-19)12-14-4-3-5-16(24)11-14/h3-9,11,13H,2,10,12H2,1H3,(H,26,27). The van der Waals surface area contributed by atoms with Crippen LogP contribution in [-0.4, -0.2) is 22.7 Å². The minimum Gasteiger partial charge on any atom is -0.493 e. The number of carbonyl (C=O) groups is 1. The molecule has 0 aliphatic carbocycles. The maximum atomic E-state index is 13.5. The number of nitrogens with zero attached hydrogens (tertiary/aromatic N) is 1. The fourth-order valence-electron chi connectivity index (χ4n) is 2.86. The molecule has 0 atom stereocenters. The minimum absolute atomic E-state index is 0.0815. The van der Waals surface area contributed by atoms with Crippen LogP contribution in [0.4, 0.5) is 4.39 Å². The summed E-state index contributed by atoms with van der Waals surface area (Å²) in [4.78, 5) is 16.2. The number of hydrogen-bond acceptors (Lipinski definition) is 3. The smallest absolute Gasteiger partial charge is 0.337 e. The van der Waals surface area contributed by atoms with E-state index in [0.29, 0.717) is 34.3 Å². The maximum Gasteiger partial charge on any atom is 0.337 e. The Morgan fingerprint density at radius 2 is 2.00 bits per heavy atom. The molecule has 0 fully saturated rings. The van der Waals surface area contributed by atoms with E-state index in [0.717, 1.165) is 12.0 Å². The average Bonchev–Trinajstić information content (AvgIpc) is 2.66.